The van der Waals surface area contributed by atoms with E-state index in [1.807, 2.05) is 37.3 Å². The summed E-state index contributed by atoms with van der Waals surface area (Å²) < 4.78 is 24.3. The standard InChI is InChI=1S/C11H12O2.C8H14O3.C7H10O3/c1-9(2)11(12)13-8-10-6-4-3-5-7-10;1-5-10-7(4)11-8(9)6(2)3;1-5(2)7(8)10-4-6-3-9-6/h3-7H,1,8H2,2H3;7H,2,5H2,1,3-4H3;6H,1,3-4H2,2H3. The second kappa shape index (κ2) is 17.3. The fourth-order valence-electron chi connectivity index (χ4n) is 1.82. The molecule has 1 saturated heterocycles. The third-order valence-electron chi connectivity index (χ3n) is 3.74. The molecule has 0 aliphatic carbocycles. The first kappa shape index (κ1) is 30.8. The van der Waals surface area contributed by atoms with Crippen LogP contribution >= 0.6 is 0 Å². The maximum absolute atomic E-state index is 11.0. The Morgan fingerprint density at radius 1 is 0.941 bits per heavy atom. The van der Waals surface area contributed by atoms with Crippen LogP contribution in [-0.2, 0) is 44.7 Å². The number of benzene rings is 1. The van der Waals surface area contributed by atoms with Gasteiger partial charge < -0.3 is 23.7 Å². The number of ether oxygens (including phenoxy) is 5. The van der Waals surface area contributed by atoms with Gasteiger partial charge in [-0.05, 0) is 40.2 Å². The van der Waals surface area contributed by atoms with E-state index < -0.39 is 12.3 Å². The molecule has 8 nitrogen and oxygen atoms in total. The molecular weight excluding hydrogens is 440 g/mol. The Labute approximate surface area is 202 Å². The zero-order valence-electron chi connectivity index (χ0n) is 20.8. The van der Waals surface area contributed by atoms with Crippen molar-refractivity contribution in [2.24, 2.45) is 0 Å². The molecule has 0 amide bonds. The predicted molar refractivity (Wildman–Crippen MR) is 129 cm³/mol. The molecule has 1 aromatic rings. The van der Waals surface area contributed by atoms with Crippen LogP contribution in [-0.4, -0.2) is 50.1 Å². The SMILES string of the molecule is C=C(C)C(=O)OC(C)OCC.C=C(C)C(=O)OCC1CO1.C=C(C)C(=O)OCc1ccccc1. The lowest BCUT2D eigenvalue weighted by Gasteiger charge is -2.11. The van der Waals surface area contributed by atoms with Crippen LogP contribution in [0.2, 0.25) is 0 Å². The molecule has 1 aliphatic rings. The van der Waals surface area contributed by atoms with Crippen molar-refractivity contribution in [3.8, 4) is 0 Å². The quantitative estimate of drug-likeness (QED) is 0.162. The summed E-state index contributed by atoms with van der Waals surface area (Å²) in [4.78, 5) is 32.5. The number of hydrogen-bond donors (Lipinski definition) is 0. The molecular formula is C26H36O8. The number of carbonyl (C=O) groups excluding carboxylic acids is 3. The largest absolute Gasteiger partial charge is 0.459 e. The van der Waals surface area contributed by atoms with E-state index in [0.717, 1.165) is 5.56 Å². The molecule has 0 saturated carbocycles. The molecule has 0 radical (unpaired) electrons. The number of epoxide rings is 1. The highest BCUT2D eigenvalue weighted by molar-refractivity contribution is 5.87. The summed E-state index contributed by atoms with van der Waals surface area (Å²) in [6, 6.07) is 9.55. The van der Waals surface area contributed by atoms with Gasteiger partial charge in [0, 0.05) is 23.3 Å². The third-order valence-corrected chi connectivity index (χ3v) is 3.74. The Hall–Kier alpha value is -3.23. The van der Waals surface area contributed by atoms with Crippen molar-refractivity contribution in [2.45, 2.75) is 53.6 Å². The van der Waals surface area contributed by atoms with Gasteiger partial charge >= 0.3 is 17.9 Å². The summed E-state index contributed by atoms with van der Waals surface area (Å²) in [5.41, 5.74) is 2.23. The lowest BCUT2D eigenvalue weighted by Crippen LogP contribution is -2.18. The fourth-order valence-corrected chi connectivity index (χ4v) is 1.82. The Balaban J connectivity index is 0.000000485. The fraction of sp³-hybridized carbons (Fsp3) is 0.423. The number of hydrogen-bond acceptors (Lipinski definition) is 8. The minimum absolute atomic E-state index is 0.142. The molecule has 2 unspecified atom stereocenters. The molecule has 0 bridgehead atoms. The van der Waals surface area contributed by atoms with Crippen molar-refractivity contribution >= 4 is 17.9 Å². The van der Waals surface area contributed by atoms with E-state index in [4.69, 9.17) is 23.7 Å². The van der Waals surface area contributed by atoms with Crippen molar-refractivity contribution in [1.82, 2.24) is 0 Å². The predicted octanol–water partition coefficient (Wildman–Crippen LogP) is 4.30. The summed E-state index contributed by atoms with van der Waals surface area (Å²) >= 11 is 0. The van der Waals surface area contributed by atoms with Gasteiger partial charge in [0.1, 0.15) is 19.3 Å². The molecule has 0 aromatic heterocycles. The van der Waals surface area contributed by atoms with E-state index in [1.165, 1.54) is 0 Å². The third kappa shape index (κ3) is 16.4. The molecule has 34 heavy (non-hydrogen) atoms. The molecule has 1 heterocycles. The molecule has 0 N–H and O–H groups in total. The van der Waals surface area contributed by atoms with Crippen LogP contribution in [0.5, 0.6) is 0 Å². The summed E-state index contributed by atoms with van der Waals surface area (Å²) in [6.07, 6.45) is -0.340. The lowest BCUT2D eigenvalue weighted by molar-refractivity contribution is -0.169. The minimum Gasteiger partial charge on any atom is -0.459 e. The molecule has 8 heteroatoms. The first-order chi connectivity index (χ1) is 16.0. The van der Waals surface area contributed by atoms with E-state index in [-0.39, 0.29) is 18.0 Å². The van der Waals surface area contributed by atoms with Gasteiger partial charge in [0.25, 0.3) is 0 Å². The molecule has 0 spiro atoms. The maximum atomic E-state index is 11.0. The second-order valence-electron chi connectivity index (χ2n) is 7.38. The van der Waals surface area contributed by atoms with Gasteiger partial charge in [-0.1, -0.05) is 50.1 Å². The van der Waals surface area contributed by atoms with Crippen molar-refractivity contribution in [3.05, 3.63) is 72.4 Å². The van der Waals surface area contributed by atoms with E-state index >= 15 is 0 Å². The van der Waals surface area contributed by atoms with Crippen LogP contribution < -0.4 is 0 Å². The zero-order chi connectivity index (χ0) is 26.1. The Morgan fingerprint density at radius 3 is 1.88 bits per heavy atom. The first-order valence-corrected chi connectivity index (χ1v) is 10.8. The van der Waals surface area contributed by atoms with Crippen molar-refractivity contribution in [2.75, 3.05) is 19.8 Å². The van der Waals surface area contributed by atoms with E-state index in [0.29, 0.717) is 43.1 Å². The van der Waals surface area contributed by atoms with Gasteiger partial charge in [0.2, 0.25) is 0 Å². The molecule has 1 fully saturated rings. The zero-order valence-corrected chi connectivity index (χ0v) is 20.8. The van der Waals surface area contributed by atoms with Gasteiger partial charge in [0.15, 0.2) is 6.29 Å². The average molecular weight is 477 g/mol. The van der Waals surface area contributed by atoms with Gasteiger partial charge in [0.05, 0.1) is 6.61 Å². The summed E-state index contributed by atoms with van der Waals surface area (Å²) in [7, 11) is 0. The summed E-state index contributed by atoms with van der Waals surface area (Å²) in [6.45, 7) is 20.7. The van der Waals surface area contributed by atoms with Crippen molar-refractivity contribution < 1.29 is 38.1 Å². The monoisotopic (exact) mass is 476 g/mol. The van der Waals surface area contributed by atoms with Crippen LogP contribution in [0.4, 0.5) is 0 Å². The van der Waals surface area contributed by atoms with Crippen LogP contribution in [0, 0.1) is 0 Å². The normalized spacial score (nSPS) is 14.0. The molecule has 2 rings (SSSR count). The van der Waals surface area contributed by atoms with Gasteiger partial charge in [-0.2, -0.15) is 0 Å². The molecule has 1 aromatic carbocycles. The molecule has 188 valence electrons. The number of carbonyl (C=O) groups is 3. The highest BCUT2D eigenvalue weighted by Crippen LogP contribution is 2.09. The molecule has 2 atom stereocenters. The summed E-state index contributed by atoms with van der Waals surface area (Å²) in [5, 5.41) is 0. The van der Waals surface area contributed by atoms with Crippen LogP contribution in [0.25, 0.3) is 0 Å². The highest BCUT2D eigenvalue weighted by Gasteiger charge is 2.24. The van der Waals surface area contributed by atoms with Gasteiger partial charge in [-0.25, -0.2) is 14.4 Å². The van der Waals surface area contributed by atoms with Gasteiger partial charge in [-0.15, -0.1) is 0 Å². The van der Waals surface area contributed by atoms with Crippen LogP contribution in [0.15, 0.2) is 66.8 Å². The Kier molecular flexibility index (Phi) is 15.6. The van der Waals surface area contributed by atoms with Crippen molar-refractivity contribution in [3.63, 3.8) is 0 Å². The smallest absolute Gasteiger partial charge is 0.335 e. The topological polar surface area (TPSA) is 101 Å². The van der Waals surface area contributed by atoms with Crippen LogP contribution in [0.1, 0.15) is 40.2 Å². The van der Waals surface area contributed by atoms with Gasteiger partial charge in [-0.3, -0.25) is 0 Å². The minimum atomic E-state index is -0.482. The van der Waals surface area contributed by atoms with E-state index in [1.54, 1.807) is 27.7 Å². The van der Waals surface area contributed by atoms with Crippen molar-refractivity contribution in [1.29, 1.82) is 0 Å². The Bertz CT molecular complexity index is 824. The van der Waals surface area contributed by atoms with Crippen LogP contribution in [0.3, 0.4) is 0 Å². The Morgan fingerprint density at radius 2 is 1.44 bits per heavy atom. The summed E-state index contributed by atoms with van der Waals surface area (Å²) in [5.74, 6) is -1.09. The lowest BCUT2D eigenvalue weighted by atomic mass is 10.2. The van der Waals surface area contributed by atoms with E-state index in [2.05, 4.69) is 19.7 Å². The molecule has 1 aliphatic heterocycles. The maximum Gasteiger partial charge on any atom is 0.335 e. The highest BCUT2D eigenvalue weighted by atomic mass is 16.7. The second-order valence-corrected chi connectivity index (χ2v) is 7.38. The first-order valence-electron chi connectivity index (χ1n) is 10.8. The number of rotatable bonds is 10. The average Bonchev–Trinajstić information content (AvgIpc) is 3.62. The van der Waals surface area contributed by atoms with E-state index in [9.17, 15) is 14.4 Å². The number of esters is 3.